The van der Waals surface area contributed by atoms with Crippen LogP contribution >= 0.6 is 0 Å². The lowest BCUT2D eigenvalue weighted by Gasteiger charge is -2.21. The van der Waals surface area contributed by atoms with Crippen molar-refractivity contribution < 1.29 is 9.84 Å². The summed E-state index contributed by atoms with van der Waals surface area (Å²) in [6.45, 7) is 2.86. The molecule has 1 aromatic rings. The molecule has 1 fully saturated rings. The Labute approximate surface area is 116 Å². The minimum absolute atomic E-state index is 0.242. The van der Waals surface area contributed by atoms with E-state index in [2.05, 4.69) is 12.1 Å². The molecule has 1 aliphatic carbocycles. The summed E-state index contributed by atoms with van der Waals surface area (Å²) in [7, 11) is 0. The molecule has 1 saturated carbocycles. The highest BCUT2D eigenvalue weighted by atomic mass is 16.5. The van der Waals surface area contributed by atoms with E-state index < -0.39 is 0 Å². The van der Waals surface area contributed by atoms with Crippen molar-refractivity contribution in [1.29, 1.82) is 0 Å². The van der Waals surface area contributed by atoms with Crippen molar-refractivity contribution >= 4 is 0 Å². The molecule has 0 aliphatic heterocycles. The SMILES string of the molecule is CC[C@H](O)Cc1cccc(OCC2CCCCC2)c1. The Hall–Kier alpha value is -1.02. The van der Waals surface area contributed by atoms with Crippen LogP contribution in [0, 0.1) is 5.92 Å². The molecule has 19 heavy (non-hydrogen) atoms. The predicted molar refractivity (Wildman–Crippen MR) is 78.5 cm³/mol. The molecule has 0 amide bonds. The van der Waals surface area contributed by atoms with Crippen LogP contribution < -0.4 is 4.74 Å². The van der Waals surface area contributed by atoms with Gasteiger partial charge in [0.05, 0.1) is 12.7 Å². The number of rotatable bonds is 6. The van der Waals surface area contributed by atoms with E-state index in [1.54, 1.807) is 0 Å². The van der Waals surface area contributed by atoms with Crippen molar-refractivity contribution in [2.24, 2.45) is 5.92 Å². The molecule has 2 heteroatoms. The quantitative estimate of drug-likeness (QED) is 0.841. The summed E-state index contributed by atoms with van der Waals surface area (Å²) >= 11 is 0. The lowest BCUT2D eigenvalue weighted by molar-refractivity contribution is 0.170. The molecule has 1 aliphatic rings. The Morgan fingerprint density at radius 2 is 2.05 bits per heavy atom. The van der Waals surface area contributed by atoms with Gasteiger partial charge in [0.25, 0.3) is 0 Å². The highest BCUT2D eigenvalue weighted by molar-refractivity contribution is 5.28. The van der Waals surface area contributed by atoms with Crippen LogP contribution in [-0.4, -0.2) is 17.8 Å². The summed E-state index contributed by atoms with van der Waals surface area (Å²) in [4.78, 5) is 0. The predicted octanol–water partition coefficient (Wildman–Crippen LogP) is 3.96. The highest BCUT2D eigenvalue weighted by Gasteiger charge is 2.14. The Morgan fingerprint density at radius 3 is 2.79 bits per heavy atom. The smallest absolute Gasteiger partial charge is 0.119 e. The van der Waals surface area contributed by atoms with Crippen LogP contribution in [0.5, 0.6) is 5.75 Å². The van der Waals surface area contributed by atoms with Crippen LogP contribution in [0.25, 0.3) is 0 Å². The van der Waals surface area contributed by atoms with E-state index in [0.29, 0.717) is 0 Å². The average Bonchev–Trinajstić information content (AvgIpc) is 2.46. The summed E-state index contributed by atoms with van der Waals surface area (Å²) in [5.41, 5.74) is 1.16. The van der Waals surface area contributed by atoms with Gasteiger partial charge >= 0.3 is 0 Å². The highest BCUT2D eigenvalue weighted by Crippen LogP contribution is 2.25. The fraction of sp³-hybridized carbons (Fsp3) is 0.647. The lowest BCUT2D eigenvalue weighted by Crippen LogP contribution is -2.15. The van der Waals surface area contributed by atoms with Crippen LogP contribution in [-0.2, 0) is 6.42 Å². The molecule has 106 valence electrons. The molecule has 0 saturated heterocycles. The van der Waals surface area contributed by atoms with Crippen LogP contribution in [0.15, 0.2) is 24.3 Å². The number of aliphatic hydroxyl groups is 1. The minimum atomic E-state index is -0.242. The topological polar surface area (TPSA) is 29.5 Å². The maximum Gasteiger partial charge on any atom is 0.119 e. The van der Waals surface area contributed by atoms with Gasteiger partial charge < -0.3 is 9.84 Å². The van der Waals surface area contributed by atoms with Crippen molar-refractivity contribution in [3.63, 3.8) is 0 Å². The van der Waals surface area contributed by atoms with Crippen molar-refractivity contribution in [2.75, 3.05) is 6.61 Å². The van der Waals surface area contributed by atoms with Crippen molar-refractivity contribution in [2.45, 2.75) is 58.0 Å². The van der Waals surface area contributed by atoms with Gasteiger partial charge in [-0.2, -0.15) is 0 Å². The van der Waals surface area contributed by atoms with E-state index >= 15 is 0 Å². The van der Waals surface area contributed by atoms with Crippen LogP contribution in [0.2, 0.25) is 0 Å². The fourth-order valence-corrected chi connectivity index (χ4v) is 2.75. The molecule has 0 aromatic heterocycles. The molecule has 1 aromatic carbocycles. The number of hydrogen-bond donors (Lipinski definition) is 1. The first-order valence-electron chi connectivity index (χ1n) is 7.67. The van der Waals surface area contributed by atoms with Gasteiger partial charge in [0.1, 0.15) is 5.75 Å². The average molecular weight is 262 g/mol. The standard InChI is InChI=1S/C17H26O2/c1-2-16(18)11-15-9-6-10-17(12-15)19-13-14-7-4-3-5-8-14/h6,9-10,12,14,16,18H,2-5,7-8,11,13H2,1H3/t16-/m0/s1. The third-order valence-corrected chi connectivity index (χ3v) is 4.05. The molecule has 2 rings (SSSR count). The third-order valence-electron chi connectivity index (χ3n) is 4.05. The minimum Gasteiger partial charge on any atom is -0.493 e. The first kappa shape index (κ1) is 14.4. The number of hydrogen-bond acceptors (Lipinski definition) is 2. The Morgan fingerprint density at radius 1 is 1.26 bits per heavy atom. The van der Waals surface area contributed by atoms with Gasteiger partial charge in [-0.3, -0.25) is 0 Å². The molecule has 0 radical (unpaired) electrons. The van der Waals surface area contributed by atoms with Gasteiger partial charge in [0, 0.05) is 0 Å². The largest absolute Gasteiger partial charge is 0.493 e. The molecule has 0 bridgehead atoms. The number of aliphatic hydroxyl groups excluding tert-OH is 1. The first-order valence-corrected chi connectivity index (χ1v) is 7.67. The Bertz CT molecular complexity index is 369. The maximum atomic E-state index is 9.70. The zero-order valence-electron chi connectivity index (χ0n) is 12.0. The van der Waals surface area contributed by atoms with E-state index in [4.69, 9.17) is 4.74 Å². The van der Waals surface area contributed by atoms with E-state index in [-0.39, 0.29) is 6.10 Å². The molecular formula is C17H26O2. The van der Waals surface area contributed by atoms with Crippen molar-refractivity contribution in [3.05, 3.63) is 29.8 Å². The fourth-order valence-electron chi connectivity index (χ4n) is 2.75. The molecule has 1 atom stereocenters. The van der Waals surface area contributed by atoms with E-state index in [1.165, 1.54) is 32.1 Å². The second-order valence-electron chi connectivity index (χ2n) is 5.73. The lowest BCUT2D eigenvalue weighted by atomic mass is 9.90. The first-order chi connectivity index (χ1) is 9.28. The monoisotopic (exact) mass is 262 g/mol. The van der Waals surface area contributed by atoms with Crippen LogP contribution in [0.3, 0.4) is 0 Å². The normalized spacial score (nSPS) is 18.2. The molecular weight excluding hydrogens is 236 g/mol. The maximum absolute atomic E-state index is 9.70. The Balaban J connectivity index is 1.84. The van der Waals surface area contributed by atoms with E-state index in [9.17, 15) is 5.11 Å². The summed E-state index contributed by atoms with van der Waals surface area (Å²) in [5, 5.41) is 9.70. The molecule has 0 heterocycles. The van der Waals surface area contributed by atoms with Gasteiger partial charge in [-0.25, -0.2) is 0 Å². The number of benzene rings is 1. The second kappa shape index (κ2) is 7.54. The van der Waals surface area contributed by atoms with Gasteiger partial charge in [0.2, 0.25) is 0 Å². The van der Waals surface area contributed by atoms with Gasteiger partial charge in [-0.1, -0.05) is 38.3 Å². The zero-order chi connectivity index (χ0) is 13.5. The third kappa shape index (κ3) is 4.87. The van der Waals surface area contributed by atoms with Gasteiger partial charge in [0.15, 0.2) is 0 Å². The summed E-state index contributed by atoms with van der Waals surface area (Å²) < 4.78 is 5.92. The van der Waals surface area contributed by atoms with Gasteiger partial charge in [-0.05, 0) is 49.3 Å². The molecule has 0 unspecified atom stereocenters. The summed E-state index contributed by atoms with van der Waals surface area (Å²) in [5.74, 6) is 1.69. The van der Waals surface area contributed by atoms with E-state index in [0.717, 1.165) is 36.7 Å². The zero-order valence-corrected chi connectivity index (χ0v) is 12.0. The van der Waals surface area contributed by atoms with Crippen LogP contribution in [0.1, 0.15) is 51.0 Å². The van der Waals surface area contributed by atoms with Crippen molar-refractivity contribution in [3.8, 4) is 5.75 Å². The Kier molecular flexibility index (Phi) is 5.71. The van der Waals surface area contributed by atoms with Crippen molar-refractivity contribution in [1.82, 2.24) is 0 Å². The molecule has 0 spiro atoms. The van der Waals surface area contributed by atoms with E-state index in [1.807, 2.05) is 19.1 Å². The summed E-state index contributed by atoms with van der Waals surface area (Å²) in [6, 6.07) is 8.17. The molecule has 2 nitrogen and oxygen atoms in total. The van der Waals surface area contributed by atoms with Gasteiger partial charge in [-0.15, -0.1) is 0 Å². The second-order valence-corrected chi connectivity index (χ2v) is 5.73. The number of ether oxygens (including phenoxy) is 1. The molecule has 1 N–H and O–H groups in total. The van der Waals surface area contributed by atoms with Crippen LogP contribution in [0.4, 0.5) is 0 Å². The summed E-state index contributed by atoms with van der Waals surface area (Å²) in [6.07, 6.45) is 8.01.